The van der Waals surface area contributed by atoms with Gasteiger partial charge in [-0.05, 0) is 32.2 Å². The highest BCUT2D eigenvalue weighted by Crippen LogP contribution is 2.37. The molecule has 0 saturated heterocycles. The molecular formula is C11H21F3N2O2S. The van der Waals surface area contributed by atoms with Gasteiger partial charge in [-0.25, -0.2) is 13.1 Å². The standard InChI is InChI=1S/C11H21F3N2O2S/c1-19(17,18)16-7-3-6-15-10-5-2-4-9(8-10)11(12,13)14/h9-10,15-16H,2-8H2,1H3/t9-,10+/m0/s1. The second-order valence-corrected chi connectivity index (χ2v) is 6.91. The average molecular weight is 302 g/mol. The summed E-state index contributed by atoms with van der Waals surface area (Å²) >= 11 is 0. The van der Waals surface area contributed by atoms with Crippen molar-refractivity contribution in [3.63, 3.8) is 0 Å². The van der Waals surface area contributed by atoms with Crippen molar-refractivity contribution in [2.24, 2.45) is 5.92 Å². The van der Waals surface area contributed by atoms with Gasteiger partial charge in [0.15, 0.2) is 0 Å². The third-order valence-electron chi connectivity index (χ3n) is 3.29. The van der Waals surface area contributed by atoms with Crippen LogP contribution in [0.15, 0.2) is 0 Å². The van der Waals surface area contributed by atoms with Crippen LogP contribution in [0.4, 0.5) is 13.2 Å². The Hall–Kier alpha value is -0.340. The predicted octanol–water partition coefficient (Wildman–Crippen LogP) is 1.64. The molecule has 4 nitrogen and oxygen atoms in total. The Kier molecular flexibility index (Phi) is 6.07. The highest BCUT2D eigenvalue weighted by molar-refractivity contribution is 7.88. The molecule has 1 rings (SSSR count). The summed E-state index contributed by atoms with van der Waals surface area (Å²) < 4.78 is 61.7. The molecule has 0 spiro atoms. The lowest BCUT2D eigenvalue weighted by Crippen LogP contribution is -2.39. The van der Waals surface area contributed by atoms with E-state index in [0.29, 0.717) is 25.9 Å². The van der Waals surface area contributed by atoms with Crippen molar-refractivity contribution in [2.45, 2.75) is 44.3 Å². The molecular weight excluding hydrogens is 281 g/mol. The fourth-order valence-electron chi connectivity index (χ4n) is 2.32. The topological polar surface area (TPSA) is 58.2 Å². The number of hydrogen-bond acceptors (Lipinski definition) is 3. The van der Waals surface area contributed by atoms with Gasteiger partial charge in [-0.1, -0.05) is 6.42 Å². The summed E-state index contributed by atoms with van der Waals surface area (Å²) in [5.74, 6) is -1.20. The van der Waals surface area contributed by atoms with E-state index < -0.39 is 22.1 Å². The second-order valence-electron chi connectivity index (χ2n) is 5.08. The van der Waals surface area contributed by atoms with E-state index in [2.05, 4.69) is 10.0 Å². The zero-order chi connectivity index (χ0) is 14.5. The third-order valence-corrected chi connectivity index (χ3v) is 4.02. The van der Waals surface area contributed by atoms with Gasteiger partial charge in [-0.15, -0.1) is 0 Å². The van der Waals surface area contributed by atoms with Crippen LogP contribution in [0, 0.1) is 5.92 Å². The lowest BCUT2D eigenvalue weighted by molar-refractivity contribution is -0.183. The molecule has 0 aliphatic heterocycles. The van der Waals surface area contributed by atoms with Crippen molar-refractivity contribution in [1.29, 1.82) is 0 Å². The van der Waals surface area contributed by atoms with Crippen LogP contribution in [-0.4, -0.2) is 40.0 Å². The molecule has 0 heterocycles. The van der Waals surface area contributed by atoms with Gasteiger partial charge in [0.05, 0.1) is 12.2 Å². The molecule has 0 amide bonds. The van der Waals surface area contributed by atoms with E-state index in [-0.39, 0.29) is 18.9 Å². The van der Waals surface area contributed by atoms with Gasteiger partial charge in [0.1, 0.15) is 0 Å². The number of rotatable bonds is 6. The van der Waals surface area contributed by atoms with Crippen LogP contribution in [0.5, 0.6) is 0 Å². The average Bonchev–Trinajstić information content (AvgIpc) is 2.26. The smallest absolute Gasteiger partial charge is 0.314 e. The number of nitrogens with one attached hydrogen (secondary N) is 2. The highest BCUT2D eigenvalue weighted by Gasteiger charge is 2.41. The molecule has 1 aliphatic rings. The predicted molar refractivity (Wildman–Crippen MR) is 67.3 cm³/mol. The van der Waals surface area contributed by atoms with E-state index in [1.807, 2.05) is 0 Å². The van der Waals surface area contributed by atoms with Crippen LogP contribution in [0.3, 0.4) is 0 Å². The van der Waals surface area contributed by atoms with Gasteiger partial charge in [-0.2, -0.15) is 13.2 Å². The molecule has 8 heteroatoms. The lowest BCUT2D eigenvalue weighted by atomic mass is 9.85. The van der Waals surface area contributed by atoms with Crippen LogP contribution in [-0.2, 0) is 10.0 Å². The first kappa shape index (κ1) is 16.7. The van der Waals surface area contributed by atoms with Gasteiger partial charge in [0, 0.05) is 12.6 Å². The van der Waals surface area contributed by atoms with Gasteiger partial charge in [-0.3, -0.25) is 0 Å². The molecule has 0 aromatic carbocycles. The zero-order valence-corrected chi connectivity index (χ0v) is 11.8. The summed E-state index contributed by atoms with van der Waals surface area (Å²) in [6.07, 6.45) is -0.760. The van der Waals surface area contributed by atoms with Crippen molar-refractivity contribution in [2.75, 3.05) is 19.3 Å². The SMILES string of the molecule is CS(=O)(=O)NCCCN[C@@H]1CCC[C@H](C(F)(F)F)C1. The molecule has 114 valence electrons. The fraction of sp³-hybridized carbons (Fsp3) is 1.00. The number of sulfonamides is 1. The Morgan fingerprint density at radius 2 is 1.89 bits per heavy atom. The normalized spacial score (nSPS) is 25.5. The van der Waals surface area contributed by atoms with Crippen LogP contribution in [0.25, 0.3) is 0 Å². The van der Waals surface area contributed by atoms with Crippen molar-refractivity contribution in [3.05, 3.63) is 0 Å². The van der Waals surface area contributed by atoms with Gasteiger partial charge in [0.25, 0.3) is 0 Å². The second kappa shape index (κ2) is 6.90. The zero-order valence-electron chi connectivity index (χ0n) is 11.0. The molecule has 1 saturated carbocycles. The van der Waals surface area contributed by atoms with Crippen molar-refractivity contribution in [3.8, 4) is 0 Å². The molecule has 0 radical (unpaired) electrons. The summed E-state index contributed by atoms with van der Waals surface area (Å²) in [6, 6.07) is -0.112. The molecule has 0 unspecified atom stereocenters. The minimum atomic E-state index is -4.10. The summed E-state index contributed by atoms with van der Waals surface area (Å²) in [7, 11) is -3.18. The third kappa shape index (κ3) is 7.12. The molecule has 2 atom stereocenters. The minimum Gasteiger partial charge on any atom is -0.314 e. The maximum absolute atomic E-state index is 12.6. The van der Waals surface area contributed by atoms with Crippen LogP contribution >= 0.6 is 0 Å². The summed E-state index contributed by atoms with van der Waals surface area (Å²) in [4.78, 5) is 0. The lowest BCUT2D eigenvalue weighted by Gasteiger charge is -2.31. The molecule has 1 fully saturated rings. The highest BCUT2D eigenvalue weighted by atomic mass is 32.2. The molecule has 0 aromatic rings. The number of hydrogen-bond donors (Lipinski definition) is 2. The van der Waals surface area contributed by atoms with Gasteiger partial charge >= 0.3 is 6.18 Å². The Bertz CT molecular complexity index is 371. The first-order valence-electron chi connectivity index (χ1n) is 6.43. The maximum atomic E-state index is 12.6. The summed E-state index contributed by atoms with van der Waals surface area (Å²) in [5.41, 5.74) is 0. The van der Waals surface area contributed by atoms with E-state index in [9.17, 15) is 21.6 Å². The van der Waals surface area contributed by atoms with Crippen molar-refractivity contribution >= 4 is 10.0 Å². The van der Waals surface area contributed by atoms with E-state index >= 15 is 0 Å². The number of halogens is 3. The Morgan fingerprint density at radius 1 is 1.21 bits per heavy atom. The van der Waals surface area contributed by atoms with Crippen LogP contribution < -0.4 is 10.0 Å². The van der Waals surface area contributed by atoms with Crippen molar-refractivity contribution < 1.29 is 21.6 Å². The van der Waals surface area contributed by atoms with E-state index in [1.165, 1.54) is 0 Å². The van der Waals surface area contributed by atoms with E-state index in [4.69, 9.17) is 0 Å². The fourth-order valence-corrected chi connectivity index (χ4v) is 2.84. The van der Waals surface area contributed by atoms with E-state index in [1.54, 1.807) is 0 Å². The summed E-state index contributed by atoms with van der Waals surface area (Å²) in [5, 5.41) is 3.08. The molecule has 1 aliphatic carbocycles. The maximum Gasteiger partial charge on any atom is 0.391 e. The first-order chi connectivity index (χ1) is 8.68. The largest absolute Gasteiger partial charge is 0.391 e. The minimum absolute atomic E-state index is 0.112. The molecule has 2 N–H and O–H groups in total. The quantitative estimate of drug-likeness (QED) is 0.733. The molecule has 0 bridgehead atoms. The van der Waals surface area contributed by atoms with Gasteiger partial charge < -0.3 is 5.32 Å². The summed E-state index contributed by atoms with van der Waals surface area (Å²) in [6.45, 7) is 0.832. The van der Waals surface area contributed by atoms with Crippen molar-refractivity contribution in [1.82, 2.24) is 10.0 Å². The van der Waals surface area contributed by atoms with Crippen LogP contribution in [0.1, 0.15) is 32.1 Å². The first-order valence-corrected chi connectivity index (χ1v) is 8.32. The molecule has 0 aromatic heterocycles. The van der Waals surface area contributed by atoms with Gasteiger partial charge in [0.2, 0.25) is 10.0 Å². The van der Waals surface area contributed by atoms with E-state index in [0.717, 1.165) is 12.7 Å². The van der Waals surface area contributed by atoms with Crippen LogP contribution in [0.2, 0.25) is 0 Å². The Balaban J connectivity index is 2.19. The number of alkyl halides is 3. The molecule has 19 heavy (non-hydrogen) atoms. The Labute approximate surface area is 112 Å². The monoisotopic (exact) mass is 302 g/mol. The Morgan fingerprint density at radius 3 is 2.47 bits per heavy atom.